The van der Waals surface area contributed by atoms with Crippen LogP contribution < -0.4 is 5.73 Å². The molecule has 0 saturated carbocycles. The minimum Gasteiger partial charge on any atom is -0.413 e. The van der Waals surface area contributed by atoms with Gasteiger partial charge in [-0.05, 0) is 36.7 Å². The highest BCUT2D eigenvalue weighted by atomic mass is 79.9. The Balaban J connectivity index is 3.17. The fourth-order valence-electron chi connectivity index (χ4n) is 1.79. The zero-order valence-corrected chi connectivity index (χ0v) is 14.0. The molecule has 0 aliphatic heterocycles. The molecule has 1 unspecified atom stereocenters. The number of halogens is 1. The molecule has 1 atom stereocenters. The number of hydrogen-bond donors (Lipinski definition) is 1. The molecule has 1 aromatic rings. The summed E-state index contributed by atoms with van der Waals surface area (Å²) in [5.74, 6) is 0. The maximum Gasteiger partial charge on any atom is 0.171 e. The largest absolute Gasteiger partial charge is 0.413 e. The monoisotopic (exact) mass is 315 g/mol. The zero-order chi connectivity index (χ0) is 13.2. The van der Waals surface area contributed by atoms with Crippen LogP contribution in [0, 0.1) is 5.41 Å². The molecule has 0 spiro atoms. The highest BCUT2D eigenvalue weighted by molar-refractivity contribution is 9.10. The number of nitrogen functional groups attached to an aromatic ring is 1. The first-order chi connectivity index (χ1) is 7.71. The van der Waals surface area contributed by atoms with Gasteiger partial charge in [-0.3, -0.25) is 0 Å². The van der Waals surface area contributed by atoms with Gasteiger partial charge >= 0.3 is 0 Å². The van der Waals surface area contributed by atoms with Gasteiger partial charge in [-0.25, -0.2) is 0 Å². The normalized spacial score (nSPS) is 14.1. The number of benzene rings is 1. The first-order valence-electron chi connectivity index (χ1n) is 5.92. The van der Waals surface area contributed by atoms with Crippen LogP contribution in [0.4, 0.5) is 5.69 Å². The molecule has 0 aliphatic carbocycles. The topological polar surface area (TPSA) is 35.2 Å². The Kier molecular flexibility index (Phi) is 4.81. The molecule has 0 amide bonds. The van der Waals surface area contributed by atoms with Gasteiger partial charge in [0, 0.05) is 15.7 Å². The second kappa shape index (κ2) is 5.55. The first kappa shape index (κ1) is 14.7. The van der Waals surface area contributed by atoms with Crippen LogP contribution in [0.25, 0.3) is 0 Å². The molecule has 4 heteroatoms. The third kappa shape index (κ3) is 4.12. The fourth-order valence-corrected chi connectivity index (χ4v) is 3.27. The van der Waals surface area contributed by atoms with Crippen molar-refractivity contribution in [1.29, 1.82) is 0 Å². The van der Waals surface area contributed by atoms with Crippen molar-refractivity contribution in [1.82, 2.24) is 0 Å². The average Bonchev–Trinajstić information content (AvgIpc) is 2.16. The van der Waals surface area contributed by atoms with Gasteiger partial charge in [0.1, 0.15) is 0 Å². The smallest absolute Gasteiger partial charge is 0.171 e. The molecule has 0 aromatic heterocycles. The van der Waals surface area contributed by atoms with Gasteiger partial charge in [0.15, 0.2) is 9.04 Å². The van der Waals surface area contributed by atoms with Crippen LogP contribution in [0.1, 0.15) is 32.4 Å². The fraction of sp³-hybridized carbons (Fsp3) is 0.538. The van der Waals surface area contributed by atoms with Crippen molar-refractivity contribution in [3.63, 3.8) is 0 Å². The molecular formula is C13H22BrNOSi. The van der Waals surface area contributed by atoms with E-state index < -0.39 is 9.04 Å². The summed E-state index contributed by atoms with van der Waals surface area (Å²) in [6.07, 6.45) is 0.0617. The molecule has 0 aliphatic rings. The predicted octanol–water partition coefficient (Wildman–Crippen LogP) is 4.12. The van der Waals surface area contributed by atoms with Crippen molar-refractivity contribution in [2.24, 2.45) is 5.41 Å². The molecular weight excluding hydrogens is 294 g/mol. The van der Waals surface area contributed by atoms with Crippen molar-refractivity contribution in [2.75, 3.05) is 5.73 Å². The van der Waals surface area contributed by atoms with E-state index in [-0.39, 0.29) is 11.5 Å². The lowest BCUT2D eigenvalue weighted by atomic mass is 9.84. The zero-order valence-electron chi connectivity index (χ0n) is 11.3. The molecule has 0 radical (unpaired) electrons. The molecule has 0 saturated heterocycles. The molecule has 2 nitrogen and oxygen atoms in total. The number of hydrogen-bond acceptors (Lipinski definition) is 2. The summed E-state index contributed by atoms with van der Waals surface area (Å²) in [6, 6.07) is 5.97. The lowest BCUT2D eigenvalue weighted by Gasteiger charge is -2.33. The van der Waals surface area contributed by atoms with Crippen LogP contribution in [0.5, 0.6) is 0 Å². The summed E-state index contributed by atoms with van der Waals surface area (Å²) in [6.45, 7) is 10.9. The van der Waals surface area contributed by atoms with Crippen LogP contribution in [-0.4, -0.2) is 9.04 Å². The second-order valence-electron chi connectivity index (χ2n) is 5.70. The van der Waals surface area contributed by atoms with Crippen molar-refractivity contribution < 1.29 is 4.43 Å². The van der Waals surface area contributed by atoms with E-state index in [4.69, 9.17) is 10.2 Å². The summed E-state index contributed by atoms with van der Waals surface area (Å²) < 4.78 is 7.22. The van der Waals surface area contributed by atoms with Gasteiger partial charge < -0.3 is 10.2 Å². The minimum atomic E-state index is -1.11. The van der Waals surface area contributed by atoms with Gasteiger partial charge in [-0.2, -0.15) is 0 Å². The van der Waals surface area contributed by atoms with E-state index in [0.29, 0.717) is 0 Å². The van der Waals surface area contributed by atoms with Crippen LogP contribution in [0.3, 0.4) is 0 Å². The third-order valence-electron chi connectivity index (χ3n) is 2.53. The Bertz CT molecular complexity index is 387. The Morgan fingerprint density at radius 2 is 1.88 bits per heavy atom. The van der Waals surface area contributed by atoms with Crippen LogP contribution in [0.2, 0.25) is 13.1 Å². The summed E-state index contributed by atoms with van der Waals surface area (Å²) in [7, 11) is -1.11. The van der Waals surface area contributed by atoms with Crippen molar-refractivity contribution >= 4 is 30.7 Å². The molecule has 1 rings (SSSR count). The SMILES string of the molecule is C[SiH](C)OC(c1cc(Br)ccc1N)C(C)(C)C. The van der Waals surface area contributed by atoms with E-state index in [0.717, 1.165) is 15.7 Å². The Morgan fingerprint density at radius 3 is 2.35 bits per heavy atom. The van der Waals surface area contributed by atoms with E-state index in [1.54, 1.807) is 0 Å². The molecule has 96 valence electrons. The lowest BCUT2D eigenvalue weighted by Crippen LogP contribution is -2.26. The Labute approximate surface area is 114 Å². The van der Waals surface area contributed by atoms with Gasteiger partial charge in [-0.15, -0.1) is 0 Å². The lowest BCUT2D eigenvalue weighted by molar-refractivity contribution is 0.0872. The molecule has 2 N–H and O–H groups in total. The second-order valence-corrected chi connectivity index (χ2v) is 8.99. The molecule has 17 heavy (non-hydrogen) atoms. The first-order valence-corrected chi connectivity index (χ1v) is 9.49. The quantitative estimate of drug-likeness (QED) is 0.672. The molecule has 0 heterocycles. The Morgan fingerprint density at radius 1 is 1.29 bits per heavy atom. The number of nitrogens with two attached hydrogens (primary N) is 1. The van der Waals surface area contributed by atoms with Crippen molar-refractivity contribution in [2.45, 2.75) is 40.0 Å². The van der Waals surface area contributed by atoms with E-state index in [9.17, 15) is 0 Å². The average molecular weight is 316 g/mol. The molecule has 1 aromatic carbocycles. The van der Waals surface area contributed by atoms with Crippen LogP contribution in [0.15, 0.2) is 22.7 Å². The maximum absolute atomic E-state index is 6.17. The summed E-state index contributed by atoms with van der Waals surface area (Å²) in [5, 5.41) is 0. The molecule has 0 bridgehead atoms. The predicted molar refractivity (Wildman–Crippen MR) is 80.7 cm³/mol. The van der Waals surface area contributed by atoms with Gasteiger partial charge in [0.25, 0.3) is 0 Å². The van der Waals surface area contributed by atoms with E-state index in [2.05, 4.69) is 55.9 Å². The van der Waals surface area contributed by atoms with E-state index >= 15 is 0 Å². The summed E-state index contributed by atoms with van der Waals surface area (Å²) in [4.78, 5) is 0. The maximum atomic E-state index is 6.17. The molecule has 0 fully saturated rings. The highest BCUT2D eigenvalue weighted by Gasteiger charge is 2.29. The summed E-state index contributed by atoms with van der Waals surface area (Å²) >= 11 is 3.50. The third-order valence-corrected chi connectivity index (χ3v) is 3.84. The summed E-state index contributed by atoms with van der Waals surface area (Å²) in [5.41, 5.74) is 8.02. The van der Waals surface area contributed by atoms with Crippen LogP contribution >= 0.6 is 15.9 Å². The van der Waals surface area contributed by atoms with E-state index in [1.165, 1.54) is 0 Å². The van der Waals surface area contributed by atoms with Crippen molar-refractivity contribution in [3.8, 4) is 0 Å². The van der Waals surface area contributed by atoms with Crippen LogP contribution in [-0.2, 0) is 4.43 Å². The van der Waals surface area contributed by atoms with Gasteiger partial charge in [-0.1, -0.05) is 36.7 Å². The number of anilines is 1. The standard InChI is InChI=1S/C13H22BrNOSi/c1-13(2,3)12(16-17(4)5)10-8-9(14)6-7-11(10)15/h6-8,12,17H,15H2,1-5H3. The van der Waals surface area contributed by atoms with Crippen molar-refractivity contribution in [3.05, 3.63) is 28.2 Å². The van der Waals surface area contributed by atoms with Gasteiger partial charge in [0.2, 0.25) is 0 Å². The van der Waals surface area contributed by atoms with E-state index in [1.807, 2.05) is 12.1 Å². The number of rotatable bonds is 3. The highest BCUT2D eigenvalue weighted by Crippen LogP contribution is 2.39. The van der Waals surface area contributed by atoms with Gasteiger partial charge in [0.05, 0.1) is 6.10 Å². The minimum absolute atomic E-state index is 0.0478. The Hall–Kier alpha value is -0.323.